The SMILES string of the molecule is C[C@@H](O[C@H]1CCN(C(=O)C2CCN(C(=O)Cc3[nH]c(=O)[nH]c3O)CC2)C[C@H]1c1ccccc1)c1cc(C(F)(F)F)cc(C(F)(F)F)c1. The smallest absolute Gasteiger partial charge is 0.416 e. The zero-order valence-corrected chi connectivity index (χ0v) is 25.3. The van der Waals surface area contributed by atoms with Crippen LogP contribution in [0.2, 0.25) is 0 Å². The normalized spacial score (nSPS) is 20.3. The van der Waals surface area contributed by atoms with E-state index in [1.165, 1.54) is 6.92 Å². The topological polar surface area (TPSA) is 119 Å². The maximum absolute atomic E-state index is 13.6. The zero-order chi connectivity index (χ0) is 34.1. The summed E-state index contributed by atoms with van der Waals surface area (Å²) in [6.45, 7) is 2.53. The van der Waals surface area contributed by atoms with Crippen LogP contribution in [0.25, 0.3) is 0 Å². The molecule has 47 heavy (non-hydrogen) atoms. The number of aromatic hydroxyl groups is 1. The number of aromatic nitrogens is 2. The van der Waals surface area contributed by atoms with Gasteiger partial charge in [0.2, 0.25) is 17.7 Å². The van der Waals surface area contributed by atoms with Crippen LogP contribution in [-0.4, -0.2) is 69.0 Å². The molecule has 2 saturated heterocycles. The fraction of sp³-hybridized carbons (Fsp3) is 0.469. The minimum atomic E-state index is -4.98. The van der Waals surface area contributed by atoms with Gasteiger partial charge in [0.15, 0.2) is 0 Å². The number of benzene rings is 2. The van der Waals surface area contributed by atoms with Crippen LogP contribution in [0.15, 0.2) is 53.3 Å². The van der Waals surface area contributed by atoms with Crippen LogP contribution < -0.4 is 5.69 Å². The third-order valence-electron chi connectivity index (χ3n) is 8.85. The highest BCUT2D eigenvalue weighted by Gasteiger charge is 2.40. The van der Waals surface area contributed by atoms with Crippen LogP contribution in [-0.2, 0) is 33.1 Å². The second-order valence-electron chi connectivity index (χ2n) is 12.0. The van der Waals surface area contributed by atoms with E-state index in [1.807, 2.05) is 12.1 Å². The summed E-state index contributed by atoms with van der Waals surface area (Å²) in [6.07, 6.45) is -10.8. The van der Waals surface area contributed by atoms with E-state index in [0.29, 0.717) is 44.5 Å². The number of likely N-dealkylation sites (tertiary alicyclic amines) is 2. The van der Waals surface area contributed by atoms with Gasteiger partial charge in [-0.3, -0.25) is 14.6 Å². The Morgan fingerprint density at radius 2 is 1.51 bits per heavy atom. The number of halogens is 6. The number of alkyl halides is 6. The Morgan fingerprint density at radius 3 is 2.06 bits per heavy atom. The summed E-state index contributed by atoms with van der Waals surface area (Å²) in [7, 11) is 0. The first-order valence-electron chi connectivity index (χ1n) is 15.2. The maximum Gasteiger partial charge on any atom is 0.416 e. The lowest BCUT2D eigenvalue weighted by molar-refractivity contribution is -0.144. The molecule has 0 unspecified atom stereocenters. The van der Waals surface area contributed by atoms with Crippen LogP contribution in [0.5, 0.6) is 5.88 Å². The summed E-state index contributed by atoms with van der Waals surface area (Å²) in [5, 5.41) is 9.75. The molecule has 2 aliphatic rings. The Labute approximate surface area is 265 Å². The van der Waals surface area contributed by atoms with Gasteiger partial charge in [0.05, 0.1) is 35.4 Å². The number of nitrogens with one attached hydrogen (secondary N) is 2. The van der Waals surface area contributed by atoms with Gasteiger partial charge >= 0.3 is 18.0 Å². The van der Waals surface area contributed by atoms with Crippen LogP contribution in [0.3, 0.4) is 0 Å². The molecule has 3 atom stereocenters. The van der Waals surface area contributed by atoms with Gasteiger partial charge in [0.1, 0.15) is 0 Å². The van der Waals surface area contributed by atoms with Crippen molar-refractivity contribution in [3.05, 3.63) is 87.0 Å². The van der Waals surface area contributed by atoms with Crippen LogP contribution in [0.4, 0.5) is 26.3 Å². The number of ether oxygens (including phenoxy) is 1. The van der Waals surface area contributed by atoms with Gasteiger partial charge in [-0.2, -0.15) is 26.3 Å². The number of hydrogen-bond acceptors (Lipinski definition) is 5. The fourth-order valence-electron chi connectivity index (χ4n) is 6.30. The average Bonchev–Trinajstić information content (AvgIpc) is 3.35. The van der Waals surface area contributed by atoms with E-state index in [0.717, 1.165) is 5.56 Å². The number of piperidine rings is 2. The molecule has 2 fully saturated rings. The number of H-pyrrole nitrogens is 2. The average molecular weight is 669 g/mol. The third-order valence-corrected chi connectivity index (χ3v) is 8.85. The largest absolute Gasteiger partial charge is 0.493 e. The number of nitrogens with zero attached hydrogens (tertiary/aromatic N) is 2. The van der Waals surface area contributed by atoms with Gasteiger partial charge in [-0.25, -0.2) is 4.79 Å². The Bertz CT molecular complexity index is 1600. The molecule has 0 spiro atoms. The van der Waals surface area contributed by atoms with Gasteiger partial charge in [-0.05, 0) is 55.5 Å². The lowest BCUT2D eigenvalue weighted by atomic mass is 9.86. The number of carbonyl (C=O) groups is 2. The quantitative estimate of drug-likeness (QED) is 0.292. The van der Waals surface area contributed by atoms with Gasteiger partial charge in [0, 0.05) is 38.0 Å². The van der Waals surface area contributed by atoms with Crippen molar-refractivity contribution >= 4 is 11.8 Å². The van der Waals surface area contributed by atoms with Gasteiger partial charge in [0.25, 0.3) is 0 Å². The first kappa shape index (κ1) is 34.1. The molecule has 254 valence electrons. The van der Waals surface area contributed by atoms with Crippen molar-refractivity contribution in [2.24, 2.45) is 5.92 Å². The molecule has 3 aromatic rings. The second-order valence-corrected chi connectivity index (χ2v) is 12.0. The fourth-order valence-corrected chi connectivity index (χ4v) is 6.30. The summed E-state index contributed by atoms with van der Waals surface area (Å²) in [4.78, 5) is 45.5. The van der Waals surface area contributed by atoms with E-state index in [4.69, 9.17) is 4.74 Å². The molecule has 0 aliphatic carbocycles. The van der Waals surface area contributed by atoms with E-state index in [-0.39, 0.29) is 54.6 Å². The minimum absolute atomic E-state index is 0.0819. The van der Waals surface area contributed by atoms with Crippen molar-refractivity contribution in [3.8, 4) is 5.88 Å². The standard InChI is InChI=1S/C32H34F6N4O5/c1-18(21-13-22(31(33,34)35)15-23(14-21)32(36,37)38)47-26-9-12-42(17-24(26)19-5-3-2-4-6-19)29(45)20-7-10-41(11-8-20)27(43)16-25-28(44)40-30(46)39-25/h2-6,13-15,18,20,24,26,44H,7-12,16-17H2,1H3,(H2,39,40,46)/t18-,24+,26+/m1/s1. The van der Waals surface area contributed by atoms with Gasteiger partial charge in [-0.1, -0.05) is 30.3 Å². The molecule has 0 bridgehead atoms. The maximum atomic E-state index is 13.6. The second kappa shape index (κ2) is 13.5. The van der Waals surface area contributed by atoms with E-state index in [1.54, 1.807) is 28.0 Å². The molecule has 0 radical (unpaired) electrons. The molecule has 2 amide bonds. The van der Waals surface area contributed by atoms with Crippen LogP contribution in [0.1, 0.15) is 66.2 Å². The monoisotopic (exact) mass is 668 g/mol. The Morgan fingerprint density at radius 1 is 0.915 bits per heavy atom. The molecule has 3 N–H and O–H groups in total. The number of carbonyl (C=O) groups excluding carboxylic acids is 2. The van der Waals surface area contributed by atoms with Crippen molar-refractivity contribution in [1.82, 2.24) is 19.8 Å². The predicted octanol–water partition coefficient (Wildman–Crippen LogP) is 5.39. The number of hydrogen-bond donors (Lipinski definition) is 3. The Balaban J connectivity index is 1.26. The van der Waals surface area contributed by atoms with E-state index >= 15 is 0 Å². The molecule has 15 heteroatoms. The predicted molar refractivity (Wildman–Crippen MR) is 156 cm³/mol. The lowest BCUT2D eigenvalue weighted by Crippen LogP contribution is -2.50. The molecule has 5 rings (SSSR count). The Kier molecular flexibility index (Phi) is 9.75. The minimum Gasteiger partial charge on any atom is -0.493 e. The zero-order valence-electron chi connectivity index (χ0n) is 25.3. The summed E-state index contributed by atoms with van der Waals surface area (Å²) in [5.74, 6) is -1.57. The molecular weight excluding hydrogens is 634 g/mol. The highest BCUT2D eigenvalue weighted by molar-refractivity contribution is 5.81. The van der Waals surface area contributed by atoms with Crippen molar-refractivity contribution in [1.29, 1.82) is 0 Å². The molecule has 0 saturated carbocycles. The highest BCUT2D eigenvalue weighted by atomic mass is 19.4. The summed E-state index contributed by atoms with van der Waals surface area (Å²) in [5.41, 5.74) is -2.81. The summed E-state index contributed by atoms with van der Waals surface area (Å²) in [6, 6.07) is 10.5. The highest BCUT2D eigenvalue weighted by Crippen LogP contribution is 2.40. The molecule has 2 aromatic carbocycles. The molecule has 1 aromatic heterocycles. The van der Waals surface area contributed by atoms with Crippen molar-refractivity contribution in [2.45, 2.75) is 63.1 Å². The molecule has 2 aliphatic heterocycles. The lowest BCUT2D eigenvalue weighted by Gasteiger charge is -2.42. The van der Waals surface area contributed by atoms with Crippen molar-refractivity contribution < 1.29 is 45.8 Å². The molecular formula is C32H34F6N4O5. The molecule has 9 nitrogen and oxygen atoms in total. The van der Waals surface area contributed by atoms with E-state index in [2.05, 4.69) is 9.97 Å². The van der Waals surface area contributed by atoms with Gasteiger partial charge < -0.3 is 24.6 Å². The third kappa shape index (κ3) is 8.00. The van der Waals surface area contributed by atoms with Crippen molar-refractivity contribution in [2.75, 3.05) is 26.2 Å². The number of imidazole rings is 1. The van der Waals surface area contributed by atoms with Crippen LogP contribution in [0, 0.1) is 5.92 Å². The molecule has 3 heterocycles. The Hall–Kier alpha value is -4.27. The van der Waals surface area contributed by atoms with E-state index < -0.39 is 53.2 Å². The summed E-state index contributed by atoms with van der Waals surface area (Å²) >= 11 is 0. The number of rotatable bonds is 7. The van der Waals surface area contributed by atoms with Gasteiger partial charge in [-0.15, -0.1) is 0 Å². The number of aromatic amines is 2. The number of amides is 2. The first-order chi connectivity index (χ1) is 22.1. The van der Waals surface area contributed by atoms with Crippen LogP contribution >= 0.6 is 0 Å². The van der Waals surface area contributed by atoms with Crippen molar-refractivity contribution in [3.63, 3.8) is 0 Å². The summed E-state index contributed by atoms with van der Waals surface area (Å²) < 4.78 is 87.1. The van der Waals surface area contributed by atoms with E-state index in [9.17, 15) is 45.8 Å². The first-order valence-corrected chi connectivity index (χ1v) is 15.2.